The van der Waals surface area contributed by atoms with Gasteiger partial charge in [0.2, 0.25) is 5.91 Å². The molecule has 3 saturated heterocycles. The van der Waals surface area contributed by atoms with Gasteiger partial charge in [0.1, 0.15) is 73.2 Å². The first-order valence-corrected chi connectivity index (χ1v) is 40.8. The zero-order valence-electron chi connectivity index (χ0n) is 63.3. The fourth-order valence-electron chi connectivity index (χ4n) is 13.5. The average Bonchev–Trinajstić information content (AvgIpc) is 0.781. The molecule has 0 aromatic heterocycles. The van der Waals surface area contributed by atoms with Crippen molar-refractivity contribution in [2.75, 3.05) is 26.4 Å². The number of hydrogen-bond acceptors (Lipinski definition) is 18. The number of carbonyl (C=O) groups excluding carboxylic acids is 1. The lowest BCUT2D eigenvalue weighted by atomic mass is 9.96. The second kappa shape index (κ2) is 63.0. The van der Waals surface area contributed by atoms with Crippen molar-refractivity contribution in [3.05, 3.63) is 85.1 Å². The smallest absolute Gasteiger partial charge is 0.220 e. The van der Waals surface area contributed by atoms with Crippen LogP contribution in [0.5, 0.6) is 0 Å². The maximum Gasteiger partial charge on any atom is 0.220 e. The van der Waals surface area contributed by atoms with Crippen molar-refractivity contribution in [3.63, 3.8) is 0 Å². The molecule has 0 spiro atoms. The van der Waals surface area contributed by atoms with Crippen molar-refractivity contribution in [1.82, 2.24) is 5.32 Å². The van der Waals surface area contributed by atoms with Crippen LogP contribution in [0.15, 0.2) is 85.1 Å². The summed E-state index contributed by atoms with van der Waals surface area (Å²) in [6.45, 7) is 1.71. The SMILES string of the molecule is CC/C=C\C/C=C\C/C=C\C/C=C\C/C=C\C/C=C\C/C=C\CCCCCCCCCCCC(=O)NC(COC1OC(CO)C(OC2OC(CO)C(OC3OC(CO)C(O)C(O)C3O)C(O)C2O)C(O)C1O)C(O)CCCCCCCCCCCCCCCCCCCCCCCCCCCC. The predicted octanol–water partition coefficient (Wildman–Crippen LogP) is 13.8. The Labute approximate surface area is 616 Å². The number of aliphatic hydroxyl groups excluding tert-OH is 11. The molecule has 19 nitrogen and oxygen atoms in total. The van der Waals surface area contributed by atoms with Gasteiger partial charge >= 0.3 is 0 Å². The number of allylic oxidation sites excluding steroid dienone is 14. The van der Waals surface area contributed by atoms with Crippen LogP contribution in [0.4, 0.5) is 0 Å². The molecular formula is C83H147NO18. The van der Waals surface area contributed by atoms with Gasteiger partial charge in [0.15, 0.2) is 18.9 Å². The Hall–Kier alpha value is -3.03. The lowest BCUT2D eigenvalue weighted by Gasteiger charge is -2.48. The molecule has 0 saturated carbocycles. The van der Waals surface area contributed by atoms with Crippen LogP contribution in [0, 0.1) is 0 Å². The fourth-order valence-corrected chi connectivity index (χ4v) is 13.5. The Bertz CT molecular complexity index is 2170. The first kappa shape index (κ1) is 93.2. The first-order valence-electron chi connectivity index (χ1n) is 40.8. The molecule has 0 bridgehead atoms. The van der Waals surface area contributed by atoms with Crippen LogP contribution >= 0.6 is 0 Å². The van der Waals surface area contributed by atoms with Gasteiger partial charge in [-0.25, -0.2) is 0 Å². The van der Waals surface area contributed by atoms with E-state index >= 15 is 0 Å². The van der Waals surface area contributed by atoms with Crippen LogP contribution in [0.25, 0.3) is 0 Å². The van der Waals surface area contributed by atoms with Crippen LogP contribution in [0.3, 0.4) is 0 Å². The summed E-state index contributed by atoms with van der Waals surface area (Å²) >= 11 is 0. The topological polar surface area (TPSA) is 307 Å². The van der Waals surface area contributed by atoms with Crippen molar-refractivity contribution >= 4 is 5.91 Å². The lowest BCUT2D eigenvalue weighted by molar-refractivity contribution is -0.379. The Morgan fingerprint density at radius 3 is 1.06 bits per heavy atom. The second-order valence-corrected chi connectivity index (χ2v) is 28.9. The average molecular weight is 1450 g/mol. The number of rotatable bonds is 64. The van der Waals surface area contributed by atoms with E-state index in [-0.39, 0.29) is 18.9 Å². The monoisotopic (exact) mass is 1450 g/mol. The second-order valence-electron chi connectivity index (χ2n) is 28.9. The van der Waals surface area contributed by atoms with E-state index in [1.54, 1.807) is 0 Å². The Morgan fingerprint density at radius 1 is 0.363 bits per heavy atom. The first-order chi connectivity index (χ1) is 49.8. The molecule has 3 fully saturated rings. The molecule has 3 aliphatic rings. The van der Waals surface area contributed by atoms with Gasteiger partial charge in [0.05, 0.1) is 38.6 Å². The van der Waals surface area contributed by atoms with Crippen molar-refractivity contribution in [2.45, 2.75) is 407 Å². The number of amides is 1. The van der Waals surface area contributed by atoms with Crippen molar-refractivity contribution < 1.29 is 89.4 Å². The minimum absolute atomic E-state index is 0.249. The van der Waals surface area contributed by atoms with E-state index in [2.05, 4.69) is 104 Å². The highest BCUT2D eigenvalue weighted by Gasteiger charge is 2.54. The third-order valence-corrected chi connectivity index (χ3v) is 20.0. The molecule has 0 aromatic carbocycles. The standard InChI is InChI=1S/C83H147NO18/c1-3-5-7-9-11-13-15-17-19-21-23-25-27-29-31-32-33-34-35-37-39-41-43-45-47-49-51-53-55-57-59-61-71(89)84-66(67(88)60-58-56-54-52-50-48-46-44-42-40-38-36-30-28-26-24-22-20-18-16-14-12-10-8-6-4-2)65-97-81-77(95)74(92)79(69(63-86)99-81)102-83-78(96)75(93)80(70(64-87)100-83)101-82-76(94)73(91)72(90)68(62-85)98-82/h5,7,11,13,17,19,23,25,29,31,33-34,37,39,66-70,72-83,85-88,90-96H,3-4,6,8-10,12,14-16,18,20-22,24,26-28,30,32,35-36,38,40-65H2,1-2H3,(H,84,89)/b7-5-,13-11-,19-17-,25-23-,31-29-,34-33-,39-37-. The third kappa shape index (κ3) is 42.5. The van der Waals surface area contributed by atoms with Gasteiger partial charge in [0, 0.05) is 6.42 Å². The molecule has 3 rings (SSSR count). The summed E-state index contributed by atoms with van der Waals surface area (Å²) in [7, 11) is 0. The van der Waals surface area contributed by atoms with Gasteiger partial charge in [0.25, 0.3) is 0 Å². The molecule has 17 atom stereocenters. The predicted molar refractivity (Wildman–Crippen MR) is 406 cm³/mol. The molecule has 0 aliphatic carbocycles. The largest absolute Gasteiger partial charge is 0.394 e. The van der Waals surface area contributed by atoms with E-state index in [1.807, 2.05) is 0 Å². The zero-order valence-corrected chi connectivity index (χ0v) is 63.3. The van der Waals surface area contributed by atoms with Crippen molar-refractivity contribution in [1.29, 1.82) is 0 Å². The minimum Gasteiger partial charge on any atom is -0.394 e. The number of aliphatic hydroxyl groups is 11. The molecule has 0 radical (unpaired) electrons. The van der Waals surface area contributed by atoms with Crippen LogP contribution in [0.2, 0.25) is 0 Å². The summed E-state index contributed by atoms with van der Waals surface area (Å²) < 4.78 is 34.5. The van der Waals surface area contributed by atoms with Gasteiger partial charge in [-0.3, -0.25) is 4.79 Å². The number of nitrogens with one attached hydrogen (secondary N) is 1. The van der Waals surface area contributed by atoms with Gasteiger partial charge in [-0.2, -0.15) is 0 Å². The highest BCUT2D eigenvalue weighted by Crippen LogP contribution is 2.33. The lowest BCUT2D eigenvalue weighted by Crippen LogP contribution is -2.66. The Kier molecular flexibility index (Phi) is 57.5. The summed E-state index contributed by atoms with van der Waals surface area (Å²) in [6, 6.07) is -0.898. The summed E-state index contributed by atoms with van der Waals surface area (Å²) in [6.07, 6.45) is 56.6. The highest BCUT2D eigenvalue weighted by molar-refractivity contribution is 5.76. The number of ether oxygens (including phenoxy) is 6. The molecule has 19 heteroatoms. The summed E-state index contributed by atoms with van der Waals surface area (Å²) in [4.78, 5) is 13.5. The maximum atomic E-state index is 13.5. The zero-order chi connectivity index (χ0) is 73.9. The Morgan fingerprint density at radius 2 is 0.676 bits per heavy atom. The summed E-state index contributed by atoms with van der Waals surface area (Å²) in [5.41, 5.74) is 0. The van der Waals surface area contributed by atoms with E-state index in [1.165, 1.54) is 167 Å². The quantitative estimate of drug-likeness (QED) is 0.0199. The summed E-state index contributed by atoms with van der Waals surface area (Å²) in [5, 5.41) is 121. The number of unbranched alkanes of at least 4 members (excludes halogenated alkanes) is 34. The fraction of sp³-hybridized carbons (Fsp3) is 0.819. The van der Waals surface area contributed by atoms with Crippen LogP contribution in [0.1, 0.15) is 303 Å². The van der Waals surface area contributed by atoms with Gasteiger partial charge in [-0.05, 0) is 70.6 Å². The van der Waals surface area contributed by atoms with E-state index in [0.717, 1.165) is 103 Å². The van der Waals surface area contributed by atoms with Crippen molar-refractivity contribution in [2.24, 2.45) is 0 Å². The van der Waals surface area contributed by atoms with Crippen LogP contribution < -0.4 is 5.32 Å². The van der Waals surface area contributed by atoms with E-state index in [9.17, 15) is 61.0 Å². The highest BCUT2D eigenvalue weighted by atomic mass is 16.8. The molecule has 3 heterocycles. The summed E-state index contributed by atoms with van der Waals surface area (Å²) in [5.74, 6) is -0.249. The van der Waals surface area contributed by atoms with Crippen LogP contribution in [-0.4, -0.2) is 193 Å². The van der Waals surface area contributed by atoms with Gasteiger partial charge in [-0.15, -0.1) is 0 Å². The molecule has 592 valence electrons. The Balaban J connectivity index is 1.37. The molecule has 17 unspecified atom stereocenters. The maximum absolute atomic E-state index is 13.5. The van der Waals surface area contributed by atoms with Crippen LogP contribution in [-0.2, 0) is 33.2 Å². The molecule has 0 aromatic rings. The number of carbonyl (C=O) groups is 1. The van der Waals surface area contributed by atoms with E-state index in [0.29, 0.717) is 12.8 Å². The molecule has 12 N–H and O–H groups in total. The van der Waals surface area contributed by atoms with Crippen molar-refractivity contribution in [3.8, 4) is 0 Å². The van der Waals surface area contributed by atoms with E-state index in [4.69, 9.17) is 28.4 Å². The molecule has 3 aliphatic heterocycles. The van der Waals surface area contributed by atoms with Gasteiger partial charge in [-0.1, -0.05) is 311 Å². The third-order valence-electron chi connectivity index (χ3n) is 20.0. The molecule has 102 heavy (non-hydrogen) atoms. The number of hydrogen-bond donors (Lipinski definition) is 12. The van der Waals surface area contributed by atoms with Gasteiger partial charge < -0.3 is 89.9 Å². The normalized spacial score (nSPS) is 26.6. The molecular weight excluding hydrogens is 1300 g/mol. The minimum atomic E-state index is -1.98. The van der Waals surface area contributed by atoms with E-state index < -0.39 is 124 Å². The molecule has 1 amide bonds.